The smallest absolute Gasteiger partial charge is 0.327 e. The first kappa shape index (κ1) is 27.7. The highest BCUT2D eigenvalue weighted by atomic mass is 19.4. The van der Waals surface area contributed by atoms with Crippen LogP contribution in [-0.2, 0) is 18.3 Å². The van der Waals surface area contributed by atoms with Gasteiger partial charge in [0.25, 0.3) is 5.91 Å². The molecule has 2 bridgehead atoms. The number of nitrogens with zero attached hydrogens (tertiary/aromatic N) is 5. The lowest BCUT2D eigenvalue weighted by atomic mass is 9.81. The second-order valence-corrected chi connectivity index (χ2v) is 10.7. The molecule has 1 saturated heterocycles. The van der Waals surface area contributed by atoms with E-state index in [-0.39, 0.29) is 12.0 Å². The summed E-state index contributed by atoms with van der Waals surface area (Å²) in [5, 5.41) is 8.81. The zero-order chi connectivity index (χ0) is 28.3. The van der Waals surface area contributed by atoms with E-state index in [1.807, 2.05) is 0 Å². The van der Waals surface area contributed by atoms with Crippen molar-refractivity contribution in [2.75, 3.05) is 0 Å². The van der Waals surface area contributed by atoms with Crippen LogP contribution in [0.3, 0.4) is 0 Å². The lowest BCUT2D eigenvalue weighted by Gasteiger charge is -2.46. The van der Waals surface area contributed by atoms with Gasteiger partial charge in [-0.25, -0.2) is 13.2 Å². The van der Waals surface area contributed by atoms with Gasteiger partial charge in [-0.2, -0.15) is 23.4 Å². The Morgan fingerprint density at radius 1 is 1.13 bits per heavy atom. The second-order valence-electron chi connectivity index (χ2n) is 10.7. The molecule has 6 nitrogen and oxygen atoms in total. The summed E-state index contributed by atoms with van der Waals surface area (Å²) in [5.41, 5.74) is -1.25. The Labute approximate surface area is 216 Å². The van der Waals surface area contributed by atoms with Crippen molar-refractivity contribution in [1.82, 2.24) is 19.7 Å². The van der Waals surface area contributed by atoms with Crippen LogP contribution in [-0.4, -0.2) is 50.1 Å². The molecule has 1 aromatic carbocycles. The van der Waals surface area contributed by atoms with E-state index in [9.17, 15) is 31.1 Å². The molecule has 1 fully saturated rings. The van der Waals surface area contributed by atoms with E-state index in [2.05, 4.69) is 16.9 Å². The predicted octanol–water partition coefficient (Wildman–Crippen LogP) is 6.04. The van der Waals surface area contributed by atoms with Crippen molar-refractivity contribution in [3.8, 4) is 11.3 Å². The van der Waals surface area contributed by atoms with Crippen LogP contribution in [0.5, 0.6) is 0 Å². The van der Waals surface area contributed by atoms with E-state index in [0.717, 1.165) is 25.5 Å². The van der Waals surface area contributed by atoms with Gasteiger partial charge in [-0.3, -0.25) is 14.5 Å². The minimum absolute atomic E-state index is 0.0869. The fourth-order valence-corrected chi connectivity index (χ4v) is 5.61. The first-order valence-corrected chi connectivity index (χ1v) is 12.2. The number of halogens is 6. The van der Waals surface area contributed by atoms with Gasteiger partial charge in [0.15, 0.2) is 17.5 Å². The van der Waals surface area contributed by atoms with E-state index in [0.29, 0.717) is 34.8 Å². The van der Waals surface area contributed by atoms with Gasteiger partial charge in [-0.15, -0.1) is 0 Å². The average molecular weight is 542 g/mol. The number of piperidine rings is 1. The van der Waals surface area contributed by atoms with Crippen LogP contribution in [0.1, 0.15) is 64.3 Å². The maximum Gasteiger partial charge on any atom is 0.433 e. The molecule has 0 radical (unpaired) electrons. The molecule has 3 heterocycles. The van der Waals surface area contributed by atoms with Crippen molar-refractivity contribution in [3.05, 3.63) is 52.1 Å². The number of amides is 1. The van der Waals surface area contributed by atoms with Crippen LogP contribution in [0, 0.1) is 17.5 Å². The number of aromatic nitrogens is 2. The lowest BCUT2D eigenvalue weighted by molar-refractivity contribution is -0.139. The van der Waals surface area contributed by atoms with Crippen molar-refractivity contribution in [2.45, 2.75) is 77.2 Å². The number of fused-ring (bicyclic) bond motifs is 4. The molecule has 2 atom stereocenters. The third-order valence-corrected chi connectivity index (χ3v) is 7.10. The van der Waals surface area contributed by atoms with Crippen molar-refractivity contribution >= 4 is 12.6 Å². The average Bonchev–Trinajstić information content (AvgIpc) is 3.13. The van der Waals surface area contributed by atoms with Crippen LogP contribution in [0.15, 0.2) is 28.5 Å². The van der Waals surface area contributed by atoms with Crippen molar-refractivity contribution < 1.29 is 31.1 Å². The molecule has 1 aromatic heterocycles. The summed E-state index contributed by atoms with van der Waals surface area (Å²) in [4.78, 5) is 15.2. The summed E-state index contributed by atoms with van der Waals surface area (Å²) in [5.74, 6) is -5.06. The highest BCUT2D eigenvalue weighted by Gasteiger charge is 2.48. The zero-order valence-electron chi connectivity index (χ0n) is 21.8. The van der Waals surface area contributed by atoms with Crippen LogP contribution in [0.2, 0.25) is 0 Å². The van der Waals surface area contributed by atoms with Gasteiger partial charge in [0.05, 0.1) is 23.0 Å². The minimum Gasteiger partial charge on any atom is -0.327 e. The predicted molar refractivity (Wildman–Crippen MR) is 129 cm³/mol. The first-order chi connectivity index (χ1) is 17.6. The molecule has 2 aliphatic rings. The van der Waals surface area contributed by atoms with Gasteiger partial charge in [-0.05, 0) is 65.5 Å². The van der Waals surface area contributed by atoms with Gasteiger partial charge in [0.2, 0.25) is 0 Å². The zero-order valence-corrected chi connectivity index (χ0v) is 21.8. The maximum absolute atomic E-state index is 14.3. The quantitative estimate of drug-likeness (QED) is 0.156. The van der Waals surface area contributed by atoms with Crippen LogP contribution in [0.25, 0.3) is 11.3 Å². The fraction of sp³-hybridized carbons (Fsp3) is 0.500. The molecule has 206 valence electrons. The van der Waals surface area contributed by atoms with Gasteiger partial charge in [-0.1, -0.05) is 0 Å². The van der Waals surface area contributed by atoms with E-state index >= 15 is 0 Å². The van der Waals surface area contributed by atoms with E-state index in [4.69, 9.17) is 0 Å². The summed E-state index contributed by atoms with van der Waals surface area (Å²) in [6.07, 6.45) is -2.95. The molecule has 12 heteroatoms. The number of allylic oxidation sites excluding steroid dienone is 1. The van der Waals surface area contributed by atoms with Crippen LogP contribution < -0.4 is 0 Å². The number of hydrogen-bond acceptors (Lipinski definition) is 4. The van der Waals surface area contributed by atoms with Crippen molar-refractivity contribution in [3.63, 3.8) is 0 Å². The summed E-state index contributed by atoms with van der Waals surface area (Å²) in [6.45, 7) is 9.02. The number of carbonyl (C=O) groups is 1. The van der Waals surface area contributed by atoms with E-state index in [1.54, 1.807) is 7.05 Å². The third-order valence-electron chi connectivity index (χ3n) is 7.10. The van der Waals surface area contributed by atoms with E-state index < -0.39 is 58.4 Å². The first-order valence-electron chi connectivity index (χ1n) is 12.2. The van der Waals surface area contributed by atoms with Gasteiger partial charge in [0, 0.05) is 36.5 Å². The lowest BCUT2D eigenvalue weighted by Crippen LogP contribution is -2.51. The van der Waals surface area contributed by atoms with Crippen LogP contribution in [0.4, 0.5) is 26.3 Å². The largest absolute Gasteiger partial charge is 0.433 e. The topological polar surface area (TPSA) is 53.7 Å². The summed E-state index contributed by atoms with van der Waals surface area (Å²) >= 11 is 0. The molecule has 4 rings (SSSR count). The normalized spacial score (nSPS) is 20.1. The molecule has 38 heavy (non-hydrogen) atoms. The molecule has 2 unspecified atom stereocenters. The molecule has 0 N–H and O–H groups in total. The summed E-state index contributed by atoms with van der Waals surface area (Å²) in [7, 11) is 1.56. The number of carbonyl (C=O) groups excluding carboxylic acids is 1. The number of benzene rings is 1. The fourth-order valence-electron chi connectivity index (χ4n) is 5.61. The molecule has 2 aliphatic heterocycles. The second kappa shape index (κ2) is 9.46. The molecular weight excluding hydrogens is 512 g/mol. The monoisotopic (exact) mass is 541 g/mol. The summed E-state index contributed by atoms with van der Waals surface area (Å²) < 4.78 is 85.9. The number of alkyl halides is 3. The minimum atomic E-state index is -4.88. The van der Waals surface area contributed by atoms with Gasteiger partial charge >= 0.3 is 6.18 Å². The molecule has 0 saturated carbocycles. The molecule has 0 aliphatic carbocycles. The van der Waals surface area contributed by atoms with Crippen LogP contribution >= 0.6 is 0 Å². The Hall–Kier alpha value is -3.31. The third kappa shape index (κ3) is 4.58. The Morgan fingerprint density at radius 3 is 2.26 bits per heavy atom. The van der Waals surface area contributed by atoms with Gasteiger partial charge in [0.1, 0.15) is 5.70 Å². The SMILES string of the molecule is C=NN(/C(=C(\C)C(=O)N1C2CCCC1c1nn(C)c(-c3cc(F)c(F)c(F)c3)c1C2)C(F)(F)F)C(C)(C)C. The van der Waals surface area contributed by atoms with Crippen molar-refractivity contribution in [2.24, 2.45) is 12.1 Å². The molecule has 2 aromatic rings. The molecule has 0 spiro atoms. The Kier molecular flexibility index (Phi) is 6.90. The Bertz CT molecular complexity index is 1300. The highest BCUT2D eigenvalue weighted by Crippen LogP contribution is 2.46. The Balaban J connectivity index is 1.82. The van der Waals surface area contributed by atoms with Crippen molar-refractivity contribution in [1.29, 1.82) is 0 Å². The standard InChI is InChI=1S/C26H29F6N5O/c1-13(23(26(30,31)32)37(33-5)25(2,3)4)24(38)36-15-8-7-9-19(36)21-16(12-15)22(35(6)34-21)14-10-17(27)20(29)18(28)11-14/h10-11,15,19H,5,7-9,12H2,1-4,6H3/b23-13+. The molecular formula is C26H29F6N5O. The molecule has 1 amide bonds. The number of rotatable bonds is 4. The highest BCUT2D eigenvalue weighted by molar-refractivity contribution is 5.94. The van der Waals surface area contributed by atoms with Gasteiger partial charge < -0.3 is 4.90 Å². The maximum atomic E-state index is 14.3. The number of hydrazone groups is 1. The Morgan fingerprint density at radius 2 is 1.74 bits per heavy atom. The number of hydrogen-bond donors (Lipinski definition) is 0. The van der Waals surface area contributed by atoms with E-state index in [1.165, 1.54) is 30.4 Å². The summed E-state index contributed by atoms with van der Waals surface area (Å²) in [6, 6.07) is 0.671. The number of aryl methyl sites for hydroxylation is 1.